The molecule has 2 rings (SSSR count). The second-order valence-electron chi connectivity index (χ2n) is 6.02. The molecular formula is C16H23BrFNO. The van der Waals surface area contributed by atoms with Gasteiger partial charge in [-0.15, -0.1) is 0 Å². The molecule has 2 N–H and O–H groups in total. The van der Waals surface area contributed by atoms with E-state index in [4.69, 9.17) is 10.5 Å². The highest BCUT2D eigenvalue weighted by Crippen LogP contribution is 2.38. The zero-order valence-corrected chi connectivity index (χ0v) is 13.7. The van der Waals surface area contributed by atoms with Crippen LogP contribution < -0.4 is 5.73 Å². The van der Waals surface area contributed by atoms with Crippen LogP contribution in [0.15, 0.2) is 22.7 Å². The molecule has 3 atom stereocenters. The summed E-state index contributed by atoms with van der Waals surface area (Å²) in [5, 5.41) is 0. The fourth-order valence-electron chi connectivity index (χ4n) is 3.33. The van der Waals surface area contributed by atoms with Crippen LogP contribution in [0.2, 0.25) is 0 Å². The number of methoxy groups -OCH3 is 1. The van der Waals surface area contributed by atoms with Crippen molar-refractivity contribution in [3.8, 4) is 0 Å². The van der Waals surface area contributed by atoms with Crippen LogP contribution in [-0.2, 0) is 11.2 Å². The van der Waals surface area contributed by atoms with E-state index in [1.165, 1.54) is 18.6 Å². The number of hydrogen-bond acceptors (Lipinski definition) is 2. The second kappa shape index (κ2) is 6.54. The van der Waals surface area contributed by atoms with E-state index in [0.29, 0.717) is 12.3 Å². The molecule has 0 radical (unpaired) electrons. The molecule has 0 bridgehead atoms. The first-order valence-electron chi connectivity index (χ1n) is 7.21. The Labute approximate surface area is 129 Å². The summed E-state index contributed by atoms with van der Waals surface area (Å²) in [6, 6.07) is 4.70. The molecule has 1 aromatic rings. The van der Waals surface area contributed by atoms with Crippen LogP contribution in [0.5, 0.6) is 0 Å². The first-order chi connectivity index (χ1) is 9.47. The lowest BCUT2D eigenvalue weighted by Crippen LogP contribution is -2.53. The largest absolute Gasteiger partial charge is 0.377 e. The fraction of sp³-hybridized carbons (Fsp3) is 0.625. The smallest absolute Gasteiger partial charge is 0.124 e. The molecule has 3 unspecified atom stereocenters. The van der Waals surface area contributed by atoms with E-state index >= 15 is 0 Å². The van der Waals surface area contributed by atoms with Crippen LogP contribution in [-0.4, -0.2) is 18.8 Å². The number of benzene rings is 1. The Bertz CT molecular complexity index is 468. The van der Waals surface area contributed by atoms with Crippen LogP contribution in [0.3, 0.4) is 0 Å². The lowest BCUT2D eigenvalue weighted by molar-refractivity contribution is -0.0705. The van der Waals surface area contributed by atoms with E-state index in [1.807, 2.05) is 0 Å². The van der Waals surface area contributed by atoms with Crippen molar-refractivity contribution in [2.45, 2.75) is 50.7 Å². The van der Waals surface area contributed by atoms with Gasteiger partial charge in [0.05, 0.1) is 5.60 Å². The van der Waals surface area contributed by atoms with Gasteiger partial charge in [-0.25, -0.2) is 4.39 Å². The predicted octanol–water partition coefficient (Wildman–Crippen LogP) is 4.05. The molecule has 0 aromatic heterocycles. The van der Waals surface area contributed by atoms with Gasteiger partial charge in [0.15, 0.2) is 0 Å². The molecule has 20 heavy (non-hydrogen) atoms. The number of rotatable bonds is 4. The van der Waals surface area contributed by atoms with Gasteiger partial charge >= 0.3 is 0 Å². The van der Waals surface area contributed by atoms with Gasteiger partial charge in [0.1, 0.15) is 5.82 Å². The highest BCUT2D eigenvalue weighted by atomic mass is 79.9. The Morgan fingerprint density at radius 3 is 2.90 bits per heavy atom. The van der Waals surface area contributed by atoms with Crippen LogP contribution in [0.4, 0.5) is 4.39 Å². The topological polar surface area (TPSA) is 35.2 Å². The van der Waals surface area contributed by atoms with Crippen molar-refractivity contribution in [1.82, 2.24) is 0 Å². The third-order valence-corrected chi connectivity index (χ3v) is 5.27. The highest BCUT2D eigenvalue weighted by Gasteiger charge is 2.40. The average Bonchev–Trinajstić information content (AvgIpc) is 2.41. The summed E-state index contributed by atoms with van der Waals surface area (Å²) in [6.07, 6.45) is 5.12. The van der Waals surface area contributed by atoms with Crippen LogP contribution in [0, 0.1) is 11.7 Å². The van der Waals surface area contributed by atoms with Gasteiger partial charge in [0.25, 0.3) is 0 Å². The zero-order valence-electron chi connectivity index (χ0n) is 12.2. The lowest BCUT2D eigenvalue weighted by Gasteiger charge is -2.43. The van der Waals surface area contributed by atoms with Gasteiger partial charge in [0.2, 0.25) is 0 Å². The lowest BCUT2D eigenvalue weighted by atomic mass is 9.73. The van der Waals surface area contributed by atoms with Gasteiger partial charge in [-0.05, 0) is 42.9 Å². The third-order valence-electron chi connectivity index (χ3n) is 4.53. The molecule has 2 nitrogen and oxygen atoms in total. The molecule has 1 fully saturated rings. The molecule has 1 aromatic carbocycles. The number of nitrogens with two attached hydrogens (primary N) is 1. The van der Waals surface area contributed by atoms with Gasteiger partial charge < -0.3 is 10.5 Å². The molecule has 0 heterocycles. The molecule has 112 valence electrons. The van der Waals surface area contributed by atoms with Crippen molar-refractivity contribution in [2.75, 3.05) is 7.11 Å². The molecule has 1 aliphatic carbocycles. The van der Waals surface area contributed by atoms with Gasteiger partial charge in [-0.3, -0.25) is 0 Å². The summed E-state index contributed by atoms with van der Waals surface area (Å²) >= 11 is 3.41. The Hall–Kier alpha value is -0.450. The summed E-state index contributed by atoms with van der Waals surface area (Å²) in [4.78, 5) is 0. The van der Waals surface area contributed by atoms with Crippen LogP contribution in [0.25, 0.3) is 0 Å². The number of hydrogen-bond donors (Lipinski definition) is 1. The minimum Gasteiger partial charge on any atom is -0.377 e. The van der Waals surface area contributed by atoms with E-state index in [9.17, 15) is 4.39 Å². The number of ether oxygens (including phenoxy) is 1. The maximum atomic E-state index is 13.1. The molecule has 0 aliphatic heterocycles. The van der Waals surface area contributed by atoms with Crippen molar-refractivity contribution < 1.29 is 9.13 Å². The molecule has 1 saturated carbocycles. The molecule has 4 heteroatoms. The van der Waals surface area contributed by atoms with Crippen LogP contribution in [0.1, 0.15) is 38.2 Å². The van der Waals surface area contributed by atoms with Crippen molar-refractivity contribution in [1.29, 1.82) is 0 Å². The third kappa shape index (κ3) is 3.41. The summed E-state index contributed by atoms with van der Waals surface area (Å²) in [5.41, 5.74) is 7.25. The molecule has 0 spiro atoms. The first-order valence-corrected chi connectivity index (χ1v) is 8.01. The Morgan fingerprint density at radius 1 is 1.55 bits per heavy atom. The minimum absolute atomic E-state index is 0.0722. The maximum Gasteiger partial charge on any atom is 0.124 e. The summed E-state index contributed by atoms with van der Waals surface area (Å²) in [6.45, 7) is 2.26. The van der Waals surface area contributed by atoms with Crippen molar-refractivity contribution >= 4 is 15.9 Å². The zero-order chi connectivity index (χ0) is 14.8. The van der Waals surface area contributed by atoms with Gasteiger partial charge in [0, 0.05) is 17.6 Å². The van der Waals surface area contributed by atoms with E-state index in [-0.39, 0.29) is 17.5 Å². The van der Waals surface area contributed by atoms with E-state index in [0.717, 1.165) is 29.3 Å². The SMILES string of the molecule is COC1(C(N)Cc2ccc(F)cc2Br)CCCC(C)C1. The van der Waals surface area contributed by atoms with E-state index in [1.54, 1.807) is 13.2 Å². The molecule has 0 amide bonds. The summed E-state index contributed by atoms with van der Waals surface area (Å²) < 4.78 is 19.8. The minimum atomic E-state index is -0.245. The van der Waals surface area contributed by atoms with E-state index in [2.05, 4.69) is 22.9 Å². The first kappa shape index (κ1) is 15.9. The van der Waals surface area contributed by atoms with E-state index < -0.39 is 0 Å². The molecule has 0 saturated heterocycles. The van der Waals surface area contributed by atoms with Gasteiger partial charge in [-0.2, -0.15) is 0 Å². The van der Waals surface area contributed by atoms with Crippen LogP contribution >= 0.6 is 15.9 Å². The molecular weight excluding hydrogens is 321 g/mol. The summed E-state index contributed by atoms with van der Waals surface area (Å²) in [5.74, 6) is 0.411. The number of halogens is 2. The average molecular weight is 344 g/mol. The predicted molar refractivity (Wildman–Crippen MR) is 83.2 cm³/mol. The van der Waals surface area contributed by atoms with Crippen molar-refractivity contribution in [2.24, 2.45) is 11.7 Å². The normalized spacial score (nSPS) is 28.4. The molecule has 1 aliphatic rings. The second-order valence-corrected chi connectivity index (χ2v) is 6.87. The Morgan fingerprint density at radius 2 is 2.30 bits per heavy atom. The Balaban J connectivity index is 2.14. The van der Waals surface area contributed by atoms with Crippen molar-refractivity contribution in [3.63, 3.8) is 0 Å². The summed E-state index contributed by atoms with van der Waals surface area (Å²) in [7, 11) is 1.76. The monoisotopic (exact) mass is 343 g/mol. The fourth-order valence-corrected chi connectivity index (χ4v) is 3.84. The maximum absolute atomic E-state index is 13.1. The Kier molecular flexibility index (Phi) is 5.21. The highest BCUT2D eigenvalue weighted by molar-refractivity contribution is 9.10. The standard InChI is InChI=1S/C16H23BrFNO/c1-11-4-3-7-16(10-11,20-2)15(19)8-12-5-6-13(18)9-14(12)17/h5-6,9,11,15H,3-4,7-8,10,19H2,1-2H3. The van der Waals surface area contributed by atoms with Crippen molar-refractivity contribution in [3.05, 3.63) is 34.1 Å². The van der Waals surface area contributed by atoms with Gasteiger partial charge in [-0.1, -0.05) is 41.8 Å². The quantitative estimate of drug-likeness (QED) is 0.894.